The summed E-state index contributed by atoms with van der Waals surface area (Å²) in [5.41, 5.74) is 1.10. The smallest absolute Gasteiger partial charge is 0.356 e. The fourth-order valence-electron chi connectivity index (χ4n) is 3.04. The summed E-state index contributed by atoms with van der Waals surface area (Å²) < 4.78 is 37.3. The van der Waals surface area contributed by atoms with Crippen LogP contribution in [0.2, 0.25) is 5.02 Å². The van der Waals surface area contributed by atoms with E-state index >= 15 is 0 Å². The van der Waals surface area contributed by atoms with Crippen molar-refractivity contribution in [1.82, 2.24) is 15.1 Å². The molecule has 0 saturated carbocycles. The number of aliphatic imine (C=N–C) groups is 1. The van der Waals surface area contributed by atoms with E-state index in [1.165, 1.54) is 4.90 Å². The van der Waals surface area contributed by atoms with Gasteiger partial charge in [0, 0.05) is 38.8 Å². The topological polar surface area (TPSA) is 30.9 Å². The second-order valence-corrected chi connectivity index (χ2v) is 6.85. The van der Waals surface area contributed by atoms with Gasteiger partial charge in [-0.15, -0.1) is 0 Å². The molecule has 0 amide bonds. The number of hydrogen-bond donors (Lipinski definition) is 1. The lowest BCUT2D eigenvalue weighted by molar-refractivity contribution is -0.143. The van der Waals surface area contributed by atoms with Crippen molar-refractivity contribution in [2.24, 2.45) is 10.9 Å². The van der Waals surface area contributed by atoms with Crippen LogP contribution in [0, 0.1) is 5.92 Å². The van der Waals surface area contributed by atoms with Crippen LogP contribution in [0.4, 0.5) is 13.2 Å². The van der Waals surface area contributed by atoms with Gasteiger partial charge >= 0.3 is 6.18 Å². The molecular weight excluding hydrogens is 353 g/mol. The second-order valence-electron chi connectivity index (χ2n) is 6.42. The minimum absolute atomic E-state index is 0.197. The first-order valence-corrected chi connectivity index (χ1v) is 8.60. The summed E-state index contributed by atoms with van der Waals surface area (Å²) in [6.45, 7) is 1.41. The maximum atomic E-state index is 12.4. The van der Waals surface area contributed by atoms with Gasteiger partial charge in [-0.1, -0.05) is 23.7 Å². The first kappa shape index (κ1) is 19.8. The third-order valence-corrected chi connectivity index (χ3v) is 4.48. The van der Waals surface area contributed by atoms with Crippen LogP contribution in [0.3, 0.4) is 0 Å². The molecule has 0 bridgehead atoms. The summed E-state index contributed by atoms with van der Waals surface area (Å²) in [5.74, 6) is 0.923. The Balaban J connectivity index is 1.79. The van der Waals surface area contributed by atoms with E-state index in [2.05, 4.69) is 10.3 Å². The highest BCUT2D eigenvalue weighted by Crippen LogP contribution is 2.22. The molecule has 1 aliphatic heterocycles. The van der Waals surface area contributed by atoms with Gasteiger partial charge in [0.2, 0.25) is 0 Å². The fraction of sp³-hybridized carbons (Fsp3) is 0.588. The Morgan fingerprint density at radius 2 is 2.04 bits per heavy atom. The summed E-state index contributed by atoms with van der Waals surface area (Å²) in [4.78, 5) is 7.70. The van der Waals surface area contributed by atoms with Crippen LogP contribution in [0.15, 0.2) is 29.3 Å². The molecule has 8 heteroatoms. The zero-order valence-electron chi connectivity index (χ0n) is 14.5. The molecular formula is C17H24ClF3N4. The summed E-state index contributed by atoms with van der Waals surface area (Å²) >= 11 is 5.89. The minimum atomic E-state index is -4.13. The maximum Gasteiger partial charge on any atom is 0.401 e. The number of nitrogens with zero attached hydrogens (tertiary/aromatic N) is 3. The van der Waals surface area contributed by atoms with Crippen LogP contribution in [-0.2, 0) is 6.54 Å². The van der Waals surface area contributed by atoms with Gasteiger partial charge in [0.05, 0.1) is 6.54 Å². The number of alkyl halides is 3. The van der Waals surface area contributed by atoms with E-state index in [1.54, 1.807) is 7.05 Å². The van der Waals surface area contributed by atoms with Crippen molar-refractivity contribution < 1.29 is 13.2 Å². The zero-order chi connectivity index (χ0) is 18.4. The summed E-state index contributed by atoms with van der Waals surface area (Å²) in [5, 5.41) is 3.96. The van der Waals surface area contributed by atoms with Crippen molar-refractivity contribution >= 4 is 17.6 Å². The first-order valence-electron chi connectivity index (χ1n) is 8.22. The standard InChI is InChI=1S/C17H24ClF3N4/c1-22-16(24(2)10-13-3-5-15(18)6-4-13)23-9-14-7-8-25(11-14)12-17(19,20)21/h3-6,14H,7-12H2,1-2H3,(H,22,23). The van der Waals surface area contributed by atoms with E-state index in [0.717, 1.165) is 17.9 Å². The van der Waals surface area contributed by atoms with Gasteiger partial charge in [-0.25, -0.2) is 0 Å². The van der Waals surface area contributed by atoms with Gasteiger partial charge in [0.25, 0.3) is 0 Å². The van der Waals surface area contributed by atoms with Crippen LogP contribution in [-0.4, -0.2) is 62.2 Å². The lowest BCUT2D eigenvalue weighted by Gasteiger charge is -2.24. The number of likely N-dealkylation sites (tertiary alicyclic amines) is 1. The number of nitrogens with one attached hydrogen (secondary N) is 1. The Morgan fingerprint density at radius 3 is 2.64 bits per heavy atom. The van der Waals surface area contributed by atoms with E-state index in [4.69, 9.17) is 11.6 Å². The molecule has 0 aromatic heterocycles. The third-order valence-electron chi connectivity index (χ3n) is 4.23. The fourth-order valence-corrected chi connectivity index (χ4v) is 3.16. The van der Waals surface area contributed by atoms with Gasteiger partial charge in [-0.05, 0) is 36.6 Å². The van der Waals surface area contributed by atoms with E-state index in [-0.39, 0.29) is 5.92 Å². The second kappa shape index (κ2) is 8.76. The number of hydrogen-bond acceptors (Lipinski definition) is 2. The monoisotopic (exact) mass is 376 g/mol. The van der Waals surface area contributed by atoms with E-state index < -0.39 is 12.7 Å². The van der Waals surface area contributed by atoms with Gasteiger partial charge in [0.15, 0.2) is 5.96 Å². The zero-order valence-corrected chi connectivity index (χ0v) is 15.2. The predicted octanol–water partition coefficient (Wildman–Crippen LogP) is 3.23. The van der Waals surface area contributed by atoms with Crippen molar-refractivity contribution in [3.63, 3.8) is 0 Å². The lowest BCUT2D eigenvalue weighted by atomic mass is 10.1. The van der Waals surface area contributed by atoms with Crippen LogP contribution in [0.1, 0.15) is 12.0 Å². The van der Waals surface area contributed by atoms with E-state index in [0.29, 0.717) is 31.2 Å². The summed E-state index contributed by atoms with van der Waals surface area (Å²) in [6.07, 6.45) is -3.36. The van der Waals surface area contributed by atoms with E-state index in [9.17, 15) is 13.2 Å². The molecule has 2 rings (SSSR count). The average Bonchev–Trinajstić information content (AvgIpc) is 2.95. The number of halogens is 4. The molecule has 0 aliphatic carbocycles. The number of rotatable bonds is 5. The third kappa shape index (κ3) is 6.74. The molecule has 1 fully saturated rings. The molecule has 140 valence electrons. The molecule has 0 radical (unpaired) electrons. The highest BCUT2D eigenvalue weighted by atomic mass is 35.5. The van der Waals surface area contributed by atoms with Crippen LogP contribution < -0.4 is 5.32 Å². The SMILES string of the molecule is CN=C(NCC1CCN(CC(F)(F)F)C1)N(C)Cc1ccc(Cl)cc1. The Bertz CT molecular complexity index is 574. The number of guanidine groups is 1. The normalized spacial score (nSPS) is 19.3. The molecule has 1 unspecified atom stereocenters. The molecule has 25 heavy (non-hydrogen) atoms. The number of benzene rings is 1. The van der Waals surface area contributed by atoms with Crippen LogP contribution in [0.25, 0.3) is 0 Å². The molecule has 1 saturated heterocycles. The Kier molecular flexibility index (Phi) is 6.95. The molecule has 1 heterocycles. The average molecular weight is 377 g/mol. The van der Waals surface area contributed by atoms with Crippen molar-refractivity contribution in [2.75, 3.05) is 40.3 Å². The molecule has 0 spiro atoms. The van der Waals surface area contributed by atoms with Crippen LogP contribution >= 0.6 is 11.6 Å². The highest BCUT2D eigenvalue weighted by molar-refractivity contribution is 6.30. The molecule has 1 N–H and O–H groups in total. The maximum absolute atomic E-state index is 12.4. The molecule has 1 aliphatic rings. The van der Waals surface area contributed by atoms with Gasteiger partial charge < -0.3 is 10.2 Å². The van der Waals surface area contributed by atoms with E-state index in [1.807, 2.05) is 36.2 Å². The van der Waals surface area contributed by atoms with Crippen molar-refractivity contribution in [1.29, 1.82) is 0 Å². The van der Waals surface area contributed by atoms with Crippen molar-refractivity contribution in [3.8, 4) is 0 Å². The quantitative estimate of drug-likeness (QED) is 0.632. The van der Waals surface area contributed by atoms with Gasteiger partial charge in [-0.3, -0.25) is 9.89 Å². The predicted molar refractivity (Wildman–Crippen MR) is 94.9 cm³/mol. The Labute approximate surface area is 151 Å². The molecule has 1 atom stereocenters. The first-order chi connectivity index (χ1) is 11.8. The summed E-state index contributed by atoms with van der Waals surface area (Å²) in [6, 6.07) is 7.60. The minimum Gasteiger partial charge on any atom is -0.356 e. The molecule has 4 nitrogen and oxygen atoms in total. The van der Waals surface area contributed by atoms with Crippen molar-refractivity contribution in [2.45, 2.75) is 19.1 Å². The van der Waals surface area contributed by atoms with Gasteiger partial charge in [-0.2, -0.15) is 13.2 Å². The molecule has 1 aromatic carbocycles. The van der Waals surface area contributed by atoms with Gasteiger partial charge in [0.1, 0.15) is 0 Å². The van der Waals surface area contributed by atoms with Crippen molar-refractivity contribution in [3.05, 3.63) is 34.9 Å². The Hall–Kier alpha value is -1.47. The largest absolute Gasteiger partial charge is 0.401 e. The lowest BCUT2D eigenvalue weighted by Crippen LogP contribution is -2.41. The summed E-state index contributed by atoms with van der Waals surface area (Å²) in [7, 11) is 3.62. The van der Waals surface area contributed by atoms with Crippen LogP contribution in [0.5, 0.6) is 0 Å². The Morgan fingerprint density at radius 1 is 1.36 bits per heavy atom. The molecule has 1 aromatic rings. The highest BCUT2D eigenvalue weighted by Gasteiger charge is 2.34.